The summed E-state index contributed by atoms with van der Waals surface area (Å²) < 4.78 is 5.52. The Hall–Kier alpha value is -1.50. The summed E-state index contributed by atoms with van der Waals surface area (Å²) in [5.74, 6) is 1.79. The molecule has 0 saturated carbocycles. The number of hydrogen-bond acceptors (Lipinski definition) is 6. The van der Waals surface area contributed by atoms with Crippen molar-refractivity contribution in [1.29, 1.82) is 0 Å². The molecule has 0 amide bonds. The van der Waals surface area contributed by atoms with E-state index in [0.717, 1.165) is 50.5 Å². The molecule has 1 aliphatic rings. The zero-order chi connectivity index (χ0) is 16.8. The maximum atomic E-state index is 5.52. The van der Waals surface area contributed by atoms with E-state index in [2.05, 4.69) is 34.8 Å². The highest BCUT2D eigenvalue weighted by molar-refractivity contribution is 7.09. The molecule has 3 rings (SSSR count). The van der Waals surface area contributed by atoms with Crippen LogP contribution in [-0.2, 0) is 30.6 Å². The second kappa shape index (κ2) is 8.55. The quantitative estimate of drug-likeness (QED) is 0.835. The number of nitrogens with zero attached hydrogens (tertiary/aromatic N) is 3. The third-order valence-corrected chi connectivity index (χ3v) is 5.23. The van der Waals surface area contributed by atoms with Gasteiger partial charge in [-0.25, -0.2) is 9.97 Å². The summed E-state index contributed by atoms with van der Waals surface area (Å²) in [6.45, 7) is 6.17. The van der Waals surface area contributed by atoms with Crippen molar-refractivity contribution in [2.45, 2.75) is 32.8 Å². The number of anilines is 1. The lowest BCUT2D eigenvalue weighted by Crippen LogP contribution is -2.20. The minimum Gasteiger partial charge on any atom is -0.374 e. The van der Waals surface area contributed by atoms with Crippen molar-refractivity contribution in [2.24, 2.45) is 0 Å². The fraction of sp³-hybridized carbons (Fsp3) is 0.556. The Morgan fingerprint density at radius 3 is 2.96 bits per heavy atom. The first-order chi connectivity index (χ1) is 11.8. The summed E-state index contributed by atoms with van der Waals surface area (Å²) in [5.41, 5.74) is 2.47. The number of aromatic nitrogens is 2. The van der Waals surface area contributed by atoms with E-state index in [-0.39, 0.29) is 0 Å². The molecule has 2 aromatic rings. The predicted molar refractivity (Wildman–Crippen MR) is 98.8 cm³/mol. The Morgan fingerprint density at radius 2 is 2.17 bits per heavy atom. The van der Waals surface area contributed by atoms with Crippen LogP contribution in [0.4, 0.5) is 5.82 Å². The van der Waals surface area contributed by atoms with E-state index in [0.29, 0.717) is 13.2 Å². The standard InChI is InChI=1S/C18H26N4OS/c1-3-23-13-17-20-16-8-11-22(2)10-7-15(16)18(21-17)19-9-6-14-5-4-12-24-14/h4-5,12H,3,6-11,13H2,1-2H3,(H,19,20,21). The number of rotatable bonds is 7. The van der Waals surface area contributed by atoms with Crippen molar-refractivity contribution in [2.75, 3.05) is 38.6 Å². The van der Waals surface area contributed by atoms with E-state index in [1.54, 1.807) is 11.3 Å². The molecule has 1 aliphatic heterocycles. The van der Waals surface area contributed by atoms with Crippen LogP contribution in [0.3, 0.4) is 0 Å². The Balaban J connectivity index is 1.76. The van der Waals surface area contributed by atoms with Gasteiger partial charge in [0.25, 0.3) is 0 Å². The molecule has 130 valence electrons. The Labute approximate surface area is 148 Å². The minimum atomic E-state index is 0.485. The molecule has 0 unspecified atom stereocenters. The molecule has 3 heterocycles. The van der Waals surface area contributed by atoms with Gasteiger partial charge >= 0.3 is 0 Å². The van der Waals surface area contributed by atoms with Crippen LogP contribution in [0.1, 0.15) is 28.9 Å². The maximum absolute atomic E-state index is 5.52. The minimum absolute atomic E-state index is 0.485. The third kappa shape index (κ3) is 4.53. The topological polar surface area (TPSA) is 50.3 Å². The van der Waals surface area contributed by atoms with Crippen molar-refractivity contribution >= 4 is 17.2 Å². The van der Waals surface area contributed by atoms with Crippen molar-refractivity contribution < 1.29 is 4.74 Å². The van der Waals surface area contributed by atoms with Gasteiger partial charge in [-0.2, -0.15) is 0 Å². The molecule has 0 aromatic carbocycles. The molecular formula is C18H26N4OS. The van der Waals surface area contributed by atoms with Crippen LogP contribution in [-0.4, -0.2) is 48.2 Å². The molecule has 0 bridgehead atoms. The van der Waals surface area contributed by atoms with Gasteiger partial charge in [0.05, 0.1) is 5.69 Å². The monoisotopic (exact) mass is 346 g/mol. The van der Waals surface area contributed by atoms with Crippen LogP contribution in [0, 0.1) is 0 Å². The molecule has 5 nitrogen and oxygen atoms in total. The number of thiophene rings is 1. The SMILES string of the molecule is CCOCc1nc2c(c(NCCc3cccs3)n1)CCN(C)CC2. The molecule has 6 heteroatoms. The van der Waals surface area contributed by atoms with E-state index in [9.17, 15) is 0 Å². The van der Waals surface area contributed by atoms with Crippen LogP contribution in [0.5, 0.6) is 0 Å². The third-order valence-electron chi connectivity index (χ3n) is 4.29. The first kappa shape index (κ1) is 17.3. The highest BCUT2D eigenvalue weighted by Crippen LogP contribution is 2.22. The summed E-state index contributed by atoms with van der Waals surface area (Å²) >= 11 is 1.81. The second-order valence-electron chi connectivity index (χ2n) is 6.11. The number of ether oxygens (including phenoxy) is 1. The van der Waals surface area contributed by atoms with Crippen LogP contribution < -0.4 is 5.32 Å². The van der Waals surface area contributed by atoms with E-state index in [1.165, 1.54) is 16.1 Å². The second-order valence-corrected chi connectivity index (χ2v) is 7.14. The molecule has 0 spiro atoms. The molecule has 0 radical (unpaired) electrons. The molecule has 2 aromatic heterocycles. The van der Waals surface area contributed by atoms with Gasteiger partial charge in [-0.15, -0.1) is 11.3 Å². The Kier molecular flexibility index (Phi) is 6.18. The van der Waals surface area contributed by atoms with E-state index in [4.69, 9.17) is 14.7 Å². The van der Waals surface area contributed by atoms with Gasteiger partial charge in [-0.1, -0.05) is 6.07 Å². The summed E-state index contributed by atoms with van der Waals surface area (Å²) in [5, 5.41) is 5.68. The predicted octanol–water partition coefficient (Wildman–Crippen LogP) is 2.76. The molecule has 0 saturated heterocycles. The fourth-order valence-corrected chi connectivity index (χ4v) is 3.63. The maximum Gasteiger partial charge on any atom is 0.156 e. The Bertz CT molecular complexity index is 645. The van der Waals surface area contributed by atoms with Crippen molar-refractivity contribution in [3.05, 3.63) is 39.5 Å². The number of nitrogens with one attached hydrogen (secondary N) is 1. The molecule has 0 atom stereocenters. The molecule has 24 heavy (non-hydrogen) atoms. The van der Waals surface area contributed by atoms with Crippen molar-refractivity contribution in [3.8, 4) is 0 Å². The fourth-order valence-electron chi connectivity index (χ4n) is 2.93. The first-order valence-electron chi connectivity index (χ1n) is 8.67. The zero-order valence-electron chi connectivity index (χ0n) is 14.5. The van der Waals surface area contributed by atoms with E-state index >= 15 is 0 Å². The first-order valence-corrected chi connectivity index (χ1v) is 9.55. The van der Waals surface area contributed by atoms with Gasteiger partial charge in [-0.05, 0) is 38.3 Å². The molecular weight excluding hydrogens is 320 g/mol. The lowest BCUT2D eigenvalue weighted by atomic mass is 10.1. The zero-order valence-corrected chi connectivity index (χ0v) is 15.4. The van der Waals surface area contributed by atoms with Crippen LogP contribution in [0.2, 0.25) is 0 Å². The average Bonchev–Trinajstić information content (AvgIpc) is 3.03. The van der Waals surface area contributed by atoms with Gasteiger partial charge in [0.15, 0.2) is 5.82 Å². The lowest BCUT2D eigenvalue weighted by Gasteiger charge is -2.14. The van der Waals surface area contributed by atoms with Crippen LogP contribution in [0.15, 0.2) is 17.5 Å². The van der Waals surface area contributed by atoms with Crippen molar-refractivity contribution in [3.63, 3.8) is 0 Å². The van der Waals surface area contributed by atoms with E-state index in [1.807, 2.05) is 6.92 Å². The Morgan fingerprint density at radius 1 is 1.29 bits per heavy atom. The van der Waals surface area contributed by atoms with Crippen LogP contribution >= 0.6 is 11.3 Å². The highest BCUT2D eigenvalue weighted by Gasteiger charge is 2.18. The van der Waals surface area contributed by atoms with Gasteiger partial charge in [-0.3, -0.25) is 0 Å². The van der Waals surface area contributed by atoms with Gasteiger partial charge in [0, 0.05) is 43.1 Å². The number of fused-ring (bicyclic) bond motifs is 1. The molecule has 1 N–H and O–H groups in total. The van der Waals surface area contributed by atoms with Gasteiger partial charge in [0.1, 0.15) is 12.4 Å². The number of likely N-dealkylation sites (N-methyl/N-ethyl adjacent to an activating group) is 1. The number of hydrogen-bond donors (Lipinski definition) is 1. The van der Waals surface area contributed by atoms with Crippen molar-refractivity contribution in [1.82, 2.24) is 14.9 Å². The van der Waals surface area contributed by atoms with Gasteiger partial charge in [0.2, 0.25) is 0 Å². The smallest absolute Gasteiger partial charge is 0.156 e. The highest BCUT2D eigenvalue weighted by atomic mass is 32.1. The normalized spacial score (nSPS) is 15.1. The summed E-state index contributed by atoms with van der Waals surface area (Å²) in [4.78, 5) is 13.3. The largest absolute Gasteiger partial charge is 0.374 e. The average molecular weight is 347 g/mol. The molecule has 0 fully saturated rings. The van der Waals surface area contributed by atoms with E-state index < -0.39 is 0 Å². The summed E-state index contributed by atoms with van der Waals surface area (Å²) in [7, 11) is 2.17. The molecule has 0 aliphatic carbocycles. The summed E-state index contributed by atoms with van der Waals surface area (Å²) in [6, 6.07) is 4.29. The summed E-state index contributed by atoms with van der Waals surface area (Å²) in [6.07, 6.45) is 3.01. The van der Waals surface area contributed by atoms with Crippen LogP contribution in [0.25, 0.3) is 0 Å². The lowest BCUT2D eigenvalue weighted by molar-refractivity contribution is 0.128. The van der Waals surface area contributed by atoms with Gasteiger partial charge < -0.3 is 15.0 Å².